The molecule has 0 radical (unpaired) electrons. The van der Waals surface area contributed by atoms with Gasteiger partial charge in [-0.05, 0) is 24.6 Å². The molecule has 0 spiro atoms. The van der Waals surface area contributed by atoms with E-state index in [2.05, 4.69) is 21.2 Å². The van der Waals surface area contributed by atoms with Crippen LogP contribution in [0.25, 0.3) is 0 Å². The van der Waals surface area contributed by atoms with E-state index in [9.17, 15) is 0 Å². The van der Waals surface area contributed by atoms with Gasteiger partial charge in [-0.25, -0.2) is 0 Å². The van der Waals surface area contributed by atoms with Gasteiger partial charge in [-0.3, -0.25) is 0 Å². The van der Waals surface area contributed by atoms with Crippen molar-refractivity contribution in [2.75, 3.05) is 14.2 Å². The third-order valence-electron chi connectivity index (χ3n) is 2.50. The number of nitrogens with one attached hydrogen (secondary N) is 1. The summed E-state index contributed by atoms with van der Waals surface area (Å²) in [5.74, 6) is 0. The number of hydrogen-bond acceptors (Lipinski definition) is 3. The van der Waals surface area contributed by atoms with Gasteiger partial charge in [0.15, 0.2) is 6.29 Å². The molecule has 0 saturated heterocycles. The highest BCUT2D eigenvalue weighted by Crippen LogP contribution is 2.21. The van der Waals surface area contributed by atoms with Gasteiger partial charge < -0.3 is 14.8 Å². The normalized spacial score (nSPS) is 13.1. The first-order valence-electron chi connectivity index (χ1n) is 5.31. The zero-order valence-electron chi connectivity index (χ0n) is 10.2. The Labute approximate surface area is 116 Å². The van der Waals surface area contributed by atoms with Crippen molar-refractivity contribution in [2.24, 2.45) is 0 Å². The number of methoxy groups -OCH3 is 2. The van der Waals surface area contributed by atoms with Gasteiger partial charge in [0.2, 0.25) is 0 Å². The van der Waals surface area contributed by atoms with Crippen molar-refractivity contribution in [2.45, 2.75) is 25.8 Å². The van der Waals surface area contributed by atoms with Gasteiger partial charge in [-0.2, -0.15) is 0 Å². The molecule has 1 aromatic carbocycles. The van der Waals surface area contributed by atoms with Crippen LogP contribution in [0.2, 0.25) is 5.02 Å². The molecule has 1 unspecified atom stereocenters. The minimum Gasteiger partial charge on any atom is -0.354 e. The maximum absolute atomic E-state index is 5.88. The van der Waals surface area contributed by atoms with Gasteiger partial charge in [-0.15, -0.1) is 0 Å². The van der Waals surface area contributed by atoms with Crippen LogP contribution in [-0.2, 0) is 16.0 Å². The average molecular weight is 323 g/mol. The Balaban J connectivity index is 2.55. The summed E-state index contributed by atoms with van der Waals surface area (Å²) >= 11 is 9.37. The molecular weight excluding hydrogens is 305 g/mol. The summed E-state index contributed by atoms with van der Waals surface area (Å²) in [5.41, 5.74) is 1.15. The van der Waals surface area contributed by atoms with Gasteiger partial charge in [0.25, 0.3) is 0 Å². The van der Waals surface area contributed by atoms with E-state index in [1.807, 2.05) is 25.1 Å². The first-order valence-corrected chi connectivity index (χ1v) is 6.48. The summed E-state index contributed by atoms with van der Waals surface area (Å²) in [5, 5.41) is 4.06. The standard InChI is InChI=1S/C12H17BrClNO2/c1-8(12(16-2)17-3)15-7-9-4-5-10(14)6-11(9)13/h4-6,8,12,15H,7H2,1-3H3. The molecule has 1 aromatic rings. The third kappa shape index (κ3) is 4.56. The molecule has 0 heterocycles. The van der Waals surface area contributed by atoms with Crippen molar-refractivity contribution >= 4 is 27.5 Å². The zero-order valence-corrected chi connectivity index (χ0v) is 12.5. The Hall–Kier alpha value is -0.130. The third-order valence-corrected chi connectivity index (χ3v) is 3.48. The van der Waals surface area contributed by atoms with Crippen molar-refractivity contribution < 1.29 is 9.47 Å². The van der Waals surface area contributed by atoms with Crippen LogP contribution < -0.4 is 5.32 Å². The van der Waals surface area contributed by atoms with E-state index in [1.165, 1.54) is 0 Å². The molecule has 0 aliphatic rings. The zero-order chi connectivity index (χ0) is 12.8. The minimum absolute atomic E-state index is 0.104. The van der Waals surface area contributed by atoms with Gasteiger partial charge in [-0.1, -0.05) is 33.6 Å². The quantitative estimate of drug-likeness (QED) is 0.816. The summed E-state index contributed by atoms with van der Waals surface area (Å²) in [4.78, 5) is 0. The number of benzene rings is 1. The predicted molar refractivity (Wildman–Crippen MR) is 73.3 cm³/mol. The van der Waals surface area contributed by atoms with Crippen molar-refractivity contribution in [3.8, 4) is 0 Å². The summed E-state index contributed by atoms with van der Waals surface area (Å²) in [6.07, 6.45) is -0.249. The number of rotatable bonds is 6. The van der Waals surface area contributed by atoms with E-state index in [4.69, 9.17) is 21.1 Å². The lowest BCUT2D eigenvalue weighted by atomic mass is 10.2. The fourth-order valence-electron chi connectivity index (χ4n) is 1.54. The van der Waals surface area contributed by atoms with Gasteiger partial charge in [0, 0.05) is 30.3 Å². The van der Waals surface area contributed by atoms with Crippen LogP contribution in [0.3, 0.4) is 0 Å². The summed E-state index contributed by atoms with van der Waals surface area (Å²) < 4.78 is 11.4. The maximum Gasteiger partial charge on any atom is 0.171 e. The Kier molecular flexibility index (Phi) is 6.44. The molecular formula is C12H17BrClNO2. The predicted octanol–water partition coefficient (Wildman–Crippen LogP) is 3.20. The highest BCUT2D eigenvalue weighted by atomic mass is 79.9. The molecule has 0 amide bonds. The summed E-state index contributed by atoms with van der Waals surface area (Å²) in [6, 6.07) is 5.85. The van der Waals surface area contributed by atoms with Crippen LogP contribution >= 0.6 is 27.5 Å². The molecule has 1 atom stereocenters. The van der Waals surface area contributed by atoms with E-state index in [0.717, 1.165) is 21.6 Å². The monoisotopic (exact) mass is 321 g/mol. The van der Waals surface area contributed by atoms with E-state index >= 15 is 0 Å². The topological polar surface area (TPSA) is 30.5 Å². The highest BCUT2D eigenvalue weighted by molar-refractivity contribution is 9.10. The van der Waals surface area contributed by atoms with Crippen LogP contribution in [0, 0.1) is 0 Å². The molecule has 17 heavy (non-hydrogen) atoms. The second-order valence-corrected chi connectivity index (χ2v) is 5.04. The molecule has 0 bridgehead atoms. The van der Waals surface area contributed by atoms with Crippen LogP contribution in [0.15, 0.2) is 22.7 Å². The van der Waals surface area contributed by atoms with Crippen LogP contribution in [0.1, 0.15) is 12.5 Å². The first kappa shape index (κ1) is 14.9. The van der Waals surface area contributed by atoms with Crippen molar-refractivity contribution in [3.63, 3.8) is 0 Å². The SMILES string of the molecule is COC(OC)C(C)NCc1ccc(Cl)cc1Br. The molecule has 0 aliphatic heterocycles. The Morgan fingerprint density at radius 1 is 1.35 bits per heavy atom. The van der Waals surface area contributed by atoms with Crippen LogP contribution in [0.4, 0.5) is 0 Å². The second-order valence-electron chi connectivity index (χ2n) is 3.75. The number of halogens is 2. The molecule has 0 fully saturated rings. The summed E-state index contributed by atoms with van der Waals surface area (Å²) in [7, 11) is 3.26. The van der Waals surface area contributed by atoms with Gasteiger partial charge in [0.05, 0.1) is 6.04 Å². The molecule has 3 nitrogen and oxygen atoms in total. The lowest BCUT2D eigenvalue weighted by molar-refractivity contribution is -0.119. The highest BCUT2D eigenvalue weighted by Gasteiger charge is 2.15. The fourth-order valence-corrected chi connectivity index (χ4v) is 2.36. The Bertz CT molecular complexity index is 358. The van der Waals surface area contributed by atoms with Crippen molar-refractivity contribution in [3.05, 3.63) is 33.3 Å². The largest absolute Gasteiger partial charge is 0.354 e. The van der Waals surface area contributed by atoms with E-state index in [-0.39, 0.29) is 12.3 Å². The number of ether oxygens (including phenoxy) is 2. The van der Waals surface area contributed by atoms with Crippen LogP contribution in [0.5, 0.6) is 0 Å². The molecule has 0 saturated carbocycles. The second kappa shape index (κ2) is 7.34. The lowest BCUT2D eigenvalue weighted by Gasteiger charge is -2.22. The maximum atomic E-state index is 5.88. The molecule has 5 heteroatoms. The van der Waals surface area contributed by atoms with Gasteiger partial charge in [0.1, 0.15) is 0 Å². The summed E-state index contributed by atoms with van der Waals surface area (Å²) in [6.45, 7) is 2.74. The van der Waals surface area contributed by atoms with E-state index in [1.54, 1.807) is 14.2 Å². The minimum atomic E-state index is -0.249. The smallest absolute Gasteiger partial charge is 0.171 e. The lowest BCUT2D eigenvalue weighted by Crippen LogP contribution is -2.39. The average Bonchev–Trinajstić information content (AvgIpc) is 2.29. The Morgan fingerprint density at radius 3 is 2.53 bits per heavy atom. The van der Waals surface area contributed by atoms with Crippen molar-refractivity contribution in [1.29, 1.82) is 0 Å². The molecule has 0 aliphatic carbocycles. The first-order chi connectivity index (χ1) is 8.08. The molecule has 96 valence electrons. The number of hydrogen-bond donors (Lipinski definition) is 1. The van der Waals surface area contributed by atoms with Gasteiger partial charge >= 0.3 is 0 Å². The van der Waals surface area contributed by atoms with E-state index in [0.29, 0.717) is 0 Å². The molecule has 1 N–H and O–H groups in total. The van der Waals surface area contributed by atoms with E-state index < -0.39 is 0 Å². The fraction of sp³-hybridized carbons (Fsp3) is 0.500. The van der Waals surface area contributed by atoms with Crippen molar-refractivity contribution in [1.82, 2.24) is 5.32 Å². The van der Waals surface area contributed by atoms with Crippen LogP contribution in [-0.4, -0.2) is 26.6 Å². The molecule has 0 aromatic heterocycles. The Morgan fingerprint density at radius 2 is 2.00 bits per heavy atom. The molecule has 1 rings (SSSR count).